The summed E-state index contributed by atoms with van der Waals surface area (Å²) in [7, 11) is 0. The lowest BCUT2D eigenvalue weighted by atomic mass is 10.1. The van der Waals surface area contributed by atoms with E-state index in [1.807, 2.05) is 0 Å². The Kier molecular flexibility index (Phi) is 4.25. The van der Waals surface area contributed by atoms with Gasteiger partial charge in [0.1, 0.15) is 0 Å². The number of hydrogen-bond acceptors (Lipinski definition) is 4. The quantitative estimate of drug-likeness (QED) is 0.723. The molecule has 2 N–H and O–H groups in total. The first-order chi connectivity index (χ1) is 10.2. The van der Waals surface area contributed by atoms with Gasteiger partial charge in [0, 0.05) is 24.6 Å². The van der Waals surface area contributed by atoms with Gasteiger partial charge in [-0.15, -0.1) is 11.3 Å². The molecule has 1 aromatic heterocycles. The Morgan fingerprint density at radius 1 is 1.19 bits per heavy atom. The number of Topliss-reactive ketones (excluding diaryl/α,β-unsaturated/α-hetero) is 1. The van der Waals surface area contributed by atoms with Crippen molar-refractivity contribution in [3.63, 3.8) is 0 Å². The molecule has 4 heteroatoms. The minimum absolute atomic E-state index is 0.261. The molecule has 0 aromatic carbocycles. The van der Waals surface area contributed by atoms with E-state index in [0.717, 1.165) is 49.3 Å². The van der Waals surface area contributed by atoms with Gasteiger partial charge in [0.15, 0.2) is 5.78 Å². The first kappa shape index (κ1) is 14.9. The van der Waals surface area contributed by atoms with Crippen LogP contribution in [0.2, 0.25) is 0 Å². The van der Waals surface area contributed by atoms with Crippen molar-refractivity contribution in [2.24, 2.45) is 5.92 Å². The van der Waals surface area contributed by atoms with E-state index in [2.05, 4.69) is 18.7 Å². The Hall–Kier alpha value is -1.03. The van der Waals surface area contributed by atoms with Gasteiger partial charge in [-0.25, -0.2) is 0 Å². The van der Waals surface area contributed by atoms with E-state index in [9.17, 15) is 4.79 Å². The smallest absolute Gasteiger partial charge is 0.178 e. The Labute approximate surface area is 131 Å². The molecule has 116 valence electrons. The second-order valence-electron chi connectivity index (χ2n) is 6.46. The van der Waals surface area contributed by atoms with Crippen molar-refractivity contribution in [2.45, 2.75) is 58.3 Å². The summed E-state index contributed by atoms with van der Waals surface area (Å²) in [5.74, 6) is 1.17. The lowest BCUT2D eigenvalue weighted by molar-refractivity contribution is 0.0972. The summed E-state index contributed by atoms with van der Waals surface area (Å²) in [6.07, 6.45) is 6.84. The van der Waals surface area contributed by atoms with Crippen molar-refractivity contribution < 1.29 is 4.79 Å². The van der Waals surface area contributed by atoms with E-state index < -0.39 is 0 Å². The molecular weight excluding hydrogens is 280 g/mol. The molecule has 2 fully saturated rings. The summed E-state index contributed by atoms with van der Waals surface area (Å²) in [5, 5.41) is 1.29. The number of ketones is 1. The lowest BCUT2D eigenvalue weighted by Gasteiger charge is -2.23. The molecular formula is C17H26N2OS. The zero-order valence-electron chi connectivity index (χ0n) is 13.2. The van der Waals surface area contributed by atoms with Crippen LogP contribution in [0.3, 0.4) is 0 Å². The molecule has 0 unspecified atom stereocenters. The van der Waals surface area contributed by atoms with Gasteiger partial charge in [-0.1, -0.05) is 13.8 Å². The topological polar surface area (TPSA) is 46.3 Å². The van der Waals surface area contributed by atoms with E-state index in [1.165, 1.54) is 23.4 Å². The van der Waals surface area contributed by atoms with E-state index in [-0.39, 0.29) is 5.92 Å². The second-order valence-corrected chi connectivity index (χ2v) is 7.46. The van der Waals surface area contributed by atoms with Gasteiger partial charge in [-0.05, 0) is 44.4 Å². The van der Waals surface area contributed by atoms with Crippen molar-refractivity contribution in [3.8, 4) is 0 Å². The van der Waals surface area contributed by atoms with Gasteiger partial charge >= 0.3 is 0 Å². The molecule has 0 amide bonds. The van der Waals surface area contributed by atoms with Crippen LogP contribution in [0, 0.1) is 5.92 Å². The van der Waals surface area contributed by atoms with Crippen LogP contribution in [0.5, 0.6) is 0 Å². The average Bonchev–Trinajstić information content (AvgIpc) is 3.35. The highest BCUT2D eigenvalue weighted by Crippen LogP contribution is 2.53. The van der Waals surface area contributed by atoms with Crippen molar-refractivity contribution in [1.82, 2.24) is 0 Å². The van der Waals surface area contributed by atoms with Gasteiger partial charge < -0.3 is 10.6 Å². The SMILES string of the molecule is CCCN(CCC)c1sc(C(=O)C2CC2)c(N)c1C1CC1. The Bertz CT molecular complexity index is 523. The van der Waals surface area contributed by atoms with E-state index in [1.54, 1.807) is 11.3 Å². The molecule has 21 heavy (non-hydrogen) atoms. The zero-order chi connectivity index (χ0) is 15.0. The molecule has 0 aliphatic heterocycles. The highest BCUT2D eigenvalue weighted by molar-refractivity contribution is 7.19. The van der Waals surface area contributed by atoms with E-state index in [0.29, 0.717) is 11.7 Å². The summed E-state index contributed by atoms with van der Waals surface area (Å²) in [5.41, 5.74) is 8.51. The average molecular weight is 306 g/mol. The van der Waals surface area contributed by atoms with Crippen molar-refractivity contribution in [3.05, 3.63) is 10.4 Å². The van der Waals surface area contributed by atoms with Gasteiger partial charge in [0.25, 0.3) is 0 Å². The van der Waals surface area contributed by atoms with Crippen molar-refractivity contribution >= 4 is 27.8 Å². The molecule has 3 nitrogen and oxygen atoms in total. The summed E-state index contributed by atoms with van der Waals surface area (Å²) in [6, 6.07) is 0. The van der Waals surface area contributed by atoms with E-state index >= 15 is 0 Å². The second kappa shape index (κ2) is 5.99. The van der Waals surface area contributed by atoms with Crippen LogP contribution in [0.25, 0.3) is 0 Å². The van der Waals surface area contributed by atoms with Gasteiger partial charge in [-0.3, -0.25) is 4.79 Å². The number of thiophene rings is 1. The molecule has 0 bridgehead atoms. The zero-order valence-corrected chi connectivity index (χ0v) is 14.0. The Morgan fingerprint density at radius 2 is 1.81 bits per heavy atom. The third kappa shape index (κ3) is 2.96. The minimum atomic E-state index is 0.261. The number of hydrogen-bond donors (Lipinski definition) is 1. The third-order valence-electron chi connectivity index (χ3n) is 4.40. The van der Waals surface area contributed by atoms with Gasteiger partial charge in [0.05, 0.1) is 15.6 Å². The molecule has 0 saturated heterocycles. The molecule has 2 aliphatic rings. The lowest BCUT2D eigenvalue weighted by Crippen LogP contribution is -2.24. The molecule has 1 heterocycles. The predicted molar refractivity (Wildman–Crippen MR) is 90.6 cm³/mol. The maximum absolute atomic E-state index is 12.5. The highest BCUT2D eigenvalue weighted by atomic mass is 32.1. The molecule has 3 rings (SSSR count). The predicted octanol–water partition coefficient (Wildman–Crippen LogP) is 4.43. The fourth-order valence-electron chi connectivity index (χ4n) is 3.01. The largest absolute Gasteiger partial charge is 0.397 e. The highest BCUT2D eigenvalue weighted by Gasteiger charge is 2.38. The first-order valence-corrected chi connectivity index (χ1v) is 9.20. The summed E-state index contributed by atoms with van der Waals surface area (Å²) < 4.78 is 0. The summed E-state index contributed by atoms with van der Waals surface area (Å²) in [4.78, 5) is 15.8. The van der Waals surface area contributed by atoms with Crippen LogP contribution in [0.4, 0.5) is 10.7 Å². The number of carbonyl (C=O) groups excluding carboxylic acids is 1. The normalized spacial score (nSPS) is 18.0. The number of carbonyl (C=O) groups is 1. The number of rotatable bonds is 8. The fourth-order valence-corrected chi connectivity index (χ4v) is 4.39. The maximum Gasteiger partial charge on any atom is 0.178 e. The van der Waals surface area contributed by atoms with Crippen LogP contribution >= 0.6 is 11.3 Å². The summed E-state index contributed by atoms with van der Waals surface area (Å²) >= 11 is 1.67. The monoisotopic (exact) mass is 306 g/mol. The number of nitrogen functional groups attached to an aromatic ring is 1. The minimum Gasteiger partial charge on any atom is -0.397 e. The third-order valence-corrected chi connectivity index (χ3v) is 5.69. The number of anilines is 2. The summed E-state index contributed by atoms with van der Waals surface area (Å²) in [6.45, 7) is 6.55. The Morgan fingerprint density at radius 3 is 2.29 bits per heavy atom. The van der Waals surface area contributed by atoms with Crippen molar-refractivity contribution in [2.75, 3.05) is 23.7 Å². The van der Waals surface area contributed by atoms with Crippen molar-refractivity contribution in [1.29, 1.82) is 0 Å². The van der Waals surface area contributed by atoms with Gasteiger partial charge in [0.2, 0.25) is 0 Å². The Balaban J connectivity index is 1.96. The van der Waals surface area contributed by atoms with Crippen LogP contribution in [-0.4, -0.2) is 18.9 Å². The fraction of sp³-hybridized carbons (Fsp3) is 0.706. The molecule has 0 atom stereocenters. The van der Waals surface area contributed by atoms with Crippen LogP contribution in [0.15, 0.2) is 0 Å². The van der Waals surface area contributed by atoms with E-state index in [4.69, 9.17) is 5.73 Å². The van der Waals surface area contributed by atoms with Crippen LogP contribution in [-0.2, 0) is 0 Å². The van der Waals surface area contributed by atoms with Crippen LogP contribution in [0.1, 0.15) is 73.5 Å². The molecule has 2 saturated carbocycles. The molecule has 1 aromatic rings. The maximum atomic E-state index is 12.5. The standard InChI is InChI=1S/C17H26N2OS/c1-3-9-19(10-4-2)17-13(11-5-6-11)14(18)16(21-17)15(20)12-7-8-12/h11-12H,3-10,18H2,1-2H3. The molecule has 0 radical (unpaired) electrons. The first-order valence-electron chi connectivity index (χ1n) is 8.38. The molecule has 0 spiro atoms. The number of nitrogens with two attached hydrogens (primary N) is 1. The van der Waals surface area contributed by atoms with Crippen LogP contribution < -0.4 is 10.6 Å². The number of nitrogens with zero attached hydrogens (tertiary/aromatic N) is 1. The molecule has 2 aliphatic carbocycles. The van der Waals surface area contributed by atoms with Gasteiger partial charge in [-0.2, -0.15) is 0 Å².